The molecule has 2 aromatic rings. The second-order valence-corrected chi connectivity index (χ2v) is 9.28. The molecule has 2 atom stereocenters. The van der Waals surface area contributed by atoms with Crippen LogP contribution < -0.4 is 10.5 Å². The molecule has 0 saturated heterocycles. The summed E-state index contributed by atoms with van der Waals surface area (Å²) in [5.41, 5.74) is 7.25. The van der Waals surface area contributed by atoms with Gasteiger partial charge in [-0.3, -0.25) is 10.1 Å². The zero-order valence-corrected chi connectivity index (χ0v) is 18.7. The van der Waals surface area contributed by atoms with E-state index in [1.165, 1.54) is 6.42 Å². The van der Waals surface area contributed by atoms with Gasteiger partial charge in [-0.2, -0.15) is 0 Å². The Kier molecular flexibility index (Phi) is 6.29. The van der Waals surface area contributed by atoms with E-state index in [1.54, 1.807) is 12.3 Å². The monoisotopic (exact) mass is 495 g/mol. The van der Waals surface area contributed by atoms with Crippen LogP contribution in [0.2, 0.25) is 5.15 Å². The molecule has 0 amide bonds. The number of hydrogen-bond donors (Lipinski definition) is 1. The number of fused-ring (bicyclic) bond motifs is 2. The molecule has 0 spiro atoms. The van der Waals surface area contributed by atoms with Crippen molar-refractivity contribution in [1.29, 1.82) is 0 Å². The highest BCUT2D eigenvalue weighted by molar-refractivity contribution is 9.10. The number of nitrogens with two attached hydrogens (primary N) is 1. The Morgan fingerprint density at radius 1 is 1.30 bits per heavy atom. The summed E-state index contributed by atoms with van der Waals surface area (Å²) in [5.74, 6) is 1.27. The van der Waals surface area contributed by atoms with Crippen LogP contribution in [-0.2, 0) is 10.3 Å². The number of nitro groups is 1. The first-order valence-corrected chi connectivity index (χ1v) is 11.2. The molecule has 1 saturated carbocycles. The molecule has 1 aliphatic carbocycles. The summed E-state index contributed by atoms with van der Waals surface area (Å²) < 4.78 is 13.1. The minimum atomic E-state index is -1.08. The molecule has 2 heterocycles. The molecule has 2 N–H and O–H groups in total. The summed E-state index contributed by atoms with van der Waals surface area (Å²) in [6, 6.07) is 7.26. The van der Waals surface area contributed by atoms with E-state index < -0.39 is 11.6 Å². The van der Waals surface area contributed by atoms with E-state index in [9.17, 15) is 10.1 Å². The van der Waals surface area contributed by atoms with E-state index in [2.05, 4.69) is 20.9 Å². The van der Waals surface area contributed by atoms with Crippen molar-refractivity contribution >= 4 is 27.5 Å². The second-order valence-electron chi connectivity index (χ2n) is 7.98. The molecule has 2 unspecified atom stereocenters. The highest BCUT2D eigenvalue weighted by atomic mass is 79.9. The lowest BCUT2D eigenvalue weighted by molar-refractivity contribution is -0.494. The second kappa shape index (κ2) is 8.78. The largest absolute Gasteiger partial charge is 0.455 e. The van der Waals surface area contributed by atoms with Crippen LogP contribution in [0.1, 0.15) is 43.2 Å². The van der Waals surface area contributed by atoms with Crippen molar-refractivity contribution in [2.45, 2.75) is 43.7 Å². The minimum Gasteiger partial charge on any atom is -0.455 e. The summed E-state index contributed by atoms with van der Waals surface area (Å²) in [6.45, 7) is -0.158. The van der Waals surface area contributed by atoms with Gasteiger partial charge in [-0.15, -0.1) is 0 Å². The molecule has 2 aliphatic rings. The van der Waals surface area contributed by atoms with Crippen molar-refractivity contribution in [2.24, 2.45) is 11.7 Å². The third-order valence-corrected chi connectivity index (χ3v) is 6.69. The lowest BCUT2D eigenvalue weighted by Crippen LogP contribution is -2.47. The summed E-state index contributed by atoms with van der Waals surface area (Å²) in [5, 5.41) is 11.6. The van der Waals surface area contributed by atoms with Gasteiger partial charge in [-0.05, 0) is 43.0 Å². The lowest BCUT2D eigenvalue weighted by atomic mass is 9.81. The molecular formula is C21H23BrClN3O4. The number of pyridine rings is 1. The Bertz CT molecular complexity index is 900. The lowest BCUT2D eigenvalue weighted by Gasteiger charge is -2.38. The number of hydrogen-bond acceptors (Lipinski definition) is 6. The van der Waals surface area contributed by atoms with Crippen molar-refractivity contribution in [3.63, 3.8) is 0 Å². The molecular weight excluding hydrogens is 474 g/mol. The normalized spacial score (nSPS) is 22.0. The van der Waals surface area contributed by atoms with Crippen LogP contribution >= 0.6 is 27.5 Å². The van der Waals surface area contributed by atoms with E-state index in [4.69, 9.17) is 26.8 Å². The first-order chi connectivity index (χ1) is 14.4. The zero-order chi connectivity index (χ0) is 21.3. The van der Waals surface area contributed by atoms with Crippen molar-refractivity contribution < 1.29 is 14.4 Å². The number of nitrogens with zero attached hydrogens (tertiary/aromatic N) is 2. The van der Waals surface area contributed by atoms with E-state index in [0.717, 1.165) is 35.7 Å². The van der Waals surface area contributed by atoms with Crippen LogP contribution in [-0.4, -0.2) is 29.2 Å². The van der Waals surface area contributed by atoms with E-state index >= 15 is 0 Å². The van der Waals surface area contributed by atoms with Crippen molar-refractivity contribution in [2.75, 3.05) is 13.2 Å². The van der Waals surface area contributed by atoms with Crippen LogP contribution in [0.3, 0.4) is 0 Å². The first kappa shape index (κ1) is 21.5. The van der Waals surface area contributed by atoms with Gasteiger partial charge >= 0.3 is 0 Å². The zero-order valence-electron chi connectivity index (χ0n) is 16.4. The van der Waals surface area contributed by atoms with Gasteiger partial charge in [0.15, 0.2) is 5.75 Å². The number of halogens is 2. The van der Waals surface area contributed by atoms with Crippen LogP contribution in [0.25, 0.3) is 0 Å². The SMILES string of the molecule is NC1(COC(C[N+](=O)[O-])C2CCCCC2)c2cc(Br)ccc2Oc2cnc(Cl)cc21. The van der Waals surface area contributed by atoms with Gasteiger partial charge in [0.2, 0.25) is 6.54 Å². The molecule has 1 fully saturated rings. The Balaban J connectivity index is 1.68. The van der Waals surface area contributed by atoms with Gasteiger partial charge in [-0.1, -0.05) is 46.8 Å². The molecule has 1 aromatic carbocycles. The number of rotatable bonds is 6. The van der Waals surface area contributed by atoms with Gasteiger partial charge in [0.1, 0.15) is 17.0 Å². The Morgan fingerprint density at radius 3 is 2.77 bits per heavy atom. The Labute approximate surface area is 188 Å². The first-order valence-electron chi connectivity index (χ1n) is 10.0. The number of aromatic nitrogens is 1. The van der Waals surface area contributed by atoms with Crippen molar-refractivity contribution in [1.82, 2.24) is 4.98 Å². The average molecular weight is 497 g/mol. The summed E-state index contributed by atoms with van der Waals surface area (Å²) in [4.78, 5) is 15.1. The molecule has 9 heteroatoms. The fourth-order valence-electron chi connectivity index (χ4n) is 4.44. The molecule has 1 aliphatic heterocycles. The average Bonchev–Trinajstić information content (AvgIpc) is 2.73. The fraction of sp³-hybridized carbons (Fsp3) is 0.476. The van der Waals surface area contributed by atoms with Crippen LogP contribution in [0, 0.1) is 16.0 Å². The summed E-state index contributed by atoms with van der Waals surface area (Å²) >= 11 is 9.65. The highest BCUT2D eigenvalue weighted by Gasteiger charge is 2.42. The Hall–Kier alpha value is -1.74. The molecule has 30 heavy (non-hydrogen) atoms. The quantitative estimate of drug-likeness (QED) is 0.341. The maximum atomic E-state index is 11.3. The maximum absolute atomic E-state index is 11.3. The van der Waals surface area contributed by atoms with E-state index in [0.29, 0.717) is 22.2 Å². The fourth-order valence-corrected chi connectivity index (χ4v) is 4.95. The summed E-state index contributed by atoms with van der Waals surface area (Å²) in [6.07, 6.45) is 6.24. The van der Waals surface area contributed by atoms with Crippen LogP contribution in [0.5, 0.6) is 11.5 Å². The van der Waals surface area contributed by atoms with Crippen LogP contribution in [0.4, 0.5) is 0 Å². The molecule has 4 rings (SSSR count). The molecule has 160 valence electrons. The third kappa shape index (κ3) is 4.32. The van der Waals surface area contributed by atoms with Crippen molar-refractivity contribution in [3.05, 3.63) is 61.3 Å². The van der Waals surface area contributed by atoms with Gasteiger partial charge in [0, 0.05) is 20.5 Å². The molecule has 1 aromatic heterocycles. The van der Waals surface area contributed by atoms with Gasteiger partial charge < -0.3 is 15.2 Å². The van der Waals surface area contributed by atoms with Crippen molar-refractivity contribution in [3.8, 4) is 11.5 Å². The predicted molar refractivity (Wildman–Crippen MR) is 117 cm³/mol. The highest BCUT2D eigenvalue weighted by Crippen LogP contribution is 2.47. The van der Waals surface area contributed by atoms with E-state index in [-0.39, 0.29) is 24.0 Å². The maximum Gasteiger partial charge on any atom is 0.229 e. The number of ether oxygens (including phenoxy) is 2. The van der Waals surface area contributed by atoms with Gasteiger partial charge in [-0.25, -0.2) is 4.98 Å². The predicted octanol–water partition coefficient (Wildman–Crippen LogP) is 5.05. The Morgan fingerprint density at radius 2 is 2.03 bits per heavy atom. The smallest absolute Gasteiger partial charge is 0.229 e. The molecule has 7 nitrogen and oxygen atoms in total. The topological polar surface area (TPSA) is 101 Å². The third-order valence-electron chi connectivity index (χ3n) is 5.99. The molecule has 0 bridgehead atoms. The summed E-state index contributed by atoms with van der Waals surface area (Å²) in [7, 11) is 0. The molecule has 0 radical (unpaired) electrons. The standard InChI is InChI=1S/C21H23BrClN3O4/c22-14-6-7-17-15(8-14)21(24,16-9-20(23)25-10-18(16)30-17)12-29-19(11-26(27)28)13-4-2-1-3-5-13/h6-10,13,19H,1-5,11-12,24H2. The van der Waals surface area contributed by atoms with E-state index in [1.807, 2.05) is 18.2 Å². The van der Waals surface area contributed by atoms with Crippen LogP contribution in [0.15, 0.2) is 34.9 Å². The number of benzene rings is 1. The minimum absolute atomic E-state index is 0.0716. The van der Waals surface area contributed by atoms with Gasteiger partial charge in [0.05, 0.1) is 18.3 Å². The van der Waals surface area contributed by atoms with Gasteiger partial charge in [0.25, 0.3) is 0 Å².